The summed E-state index contributed by atoms with van der Waals surface area (Å²) in [5.41, 5.74) is 3.48. The summed E-state index contributed by atoms with van der Waals surface area (Å²) >= 11 is 0. The van der Waals surface area contributed by atoms with Crippen molar-refractivity contribution in [1.29, 1.82) is 0 Å². The van der Waals surface area contributed by atoms with Crippen LogP contribution in [0.4, 0.5) is 5.69 Å². The summed E-state index contributed by atoms with van der Waals surface area (Å²) in [6.07, 6.45) is 0.545. The molecule has 2 aromatic carbocycles. The quantitative estimate of drug-likeness (QED) is 0.591. The Hall–Kier alpha value is -2.79. The van der Waals surface area contributed by atoms with Gasteiger partial charge in [0.25, 0.3) is 5.69 Å². The Balaban J connectivity index is 2.12. The highest BCUT2D eigenvalue weighted by Crippen LogP contribution is 2.26. The van der Waals surface area contributed by atoms with Gasteiger partial charge in [0.05, 0.1) is 16.1 Å². The zero-order valence-electron chi connectivity index (χ0n) is 11.8. The largest absolute Gasteiger partial charge is 0.396 e. The van der Waals surface area contributed by atoms with E-state index in [0.717, 1.165) is 27.7 Å². The zero-order chi connectivity index (χ0) is 15.5. The minimum absolute atomic E-state index is 0.0557. The molecule has 0 spiro atoms. The van der Waals surface area contributed by atoms with Gasteiger partial charge in [-0.2, -0.15) is 0 Å². The van der Waals surface area contributed by atoms with Crippen LogP contribution in [0.3, 0.4) is 0 Å². The first kappa shape index (κ1) is 14.2. The highest BCUT2D eigenvalue weighted by Gasteiger charge is 2.09. The fourth-order valence-corrected chi connectivity index (χ4v) is 2.48. The van der Waals surface area contributed by atoms with E-state index in [9.17, 15) is 15.2 Å². The number of pyridine rings is 1. The summed E-state index contributed by atoms with van der Waals surface area (Å²) < 4.78 is 0. The van der Waals surface area contributed by atoms with Gasteiger partial charge in [0.15, 0.2) is 0 Å². The van der Waals surface area contributed by atoms with Crippen molar-refractivity contribution in [2.75, 3.05) is 6.61 Å². The van der Waals surface area contributed by atoms with Crippen molar-refractivity contribution in [3.63, 3.8) is 0 Å². The molecule has 0 fully saturated rings. The SMILES string of the molecule is O=[N+]([O-])c1ccc(-c2cc(CCO)c3ccccc3n2)cc1. The normalized spacial score (nSPS) is 10.8. The van der Waals surface area contributed by atoms with Gasteiger partial charge in [-0.3, -0.25) is 10.1 Å². The van der Waals surface area contributed by atoms with Crippen molar-refractivity contribution in [3.05, 3.63) is 70.3 Å². The first-order valence-corrected chi connectivity index (χ1v) is 6.93. The molecule has 0 atom stereocenters. The minimum atomic E-state index is -0.422. The Kier molecular flexibility index (Phi) is 3.80. The summed E-state index contributed by atoms with van der Waals surface area (Å²) in [5, 5.41) is 21.0. The molecular weight excluding hydrogens is 280 g/mol. The average molecular weight is 294 g/mol. The molecule has 0 aliphatic heterocycles. The number of rotatable bonds is 4. The number of nitro benzene ring substituents is 1. The Morgan fingerprint density at radius 1 is 1.09 bits per heavy atom. The molecule has 0 aliphatic rings. The second-order valence-electron chi connectivity index (χ2n) is 4.96. The number of benzene rings is 2. The molecule has 22 heavy (non-hydrogen) atoms. The van der Waals surface area contributed by atoms with Crippen LogP contribution in [-0.4, -0.2) is 21.6 Å². The minimum Gasteiger partial charge on any atom is -0.396 e. The van der Waals surface area contributed by atoms with Gasteiger partial charge >= 0.3 is 0 Å². The standard InChI is InChI=1S/C17H14N2O3/c20-10-9-13-11-17(18-16-4-2-1-3-15(13)16)12-5-7-14(8-6-12)19(21)22/h1-8,11,20H,9-10H2. The maximum atomic E-state index is 10.7. The fourth-order valence-electron chi connectivity index (χ4n) is 2.48. The average Bonchev–Trinajstić information content (AvgIpc) is 2.55. The second-order valence-corrected chi connectivity index (χ2v) is 4.96. The van der Waals surface area contributed by atoms with Crippen LogP contribution >= 0.6 is 0 Å². The Bertz CT molecular complexity index is 829. The molecule has 0 saturated heterocycles. The third kappa shape index (κ3) is 2.66. The van der Waals surface area contributed by atoms with Crippen molar-refractivity contribution < 1.29 is 10.0 Å². The Morgan fingerprint density at radius 2 is 1.82 bits per heavy atom. The van der Waals surface area contributed by atoms with Gasteiger partial charge in [-0.15, -0.1) is 0 Å². The van der Waals surface area contributed by atoms with Crippen molar-refractivity contribution in [3.8, 4) is 11.3 Å². The number of fused-ring (bicyclic) bond motifs is 1. The lowest BCUT2D eigenvalue weighted by Crippen LogP contribution is -1.96. The van der Waals surface area contributed by atoms with Crippen LogP contribution < -0.4 is 0 Å². The number of non-ortho nitro benzene ring substituents is 1. The smallest absolute Gasteiger partial charge is 0.269 e. The van der Waals surface area contributed by atoms with Crippen LogP contribution in [0, 0.1) is 10.1 Å². The Morgan fingerprint density at radius 3 is 2.50 bits per heavy atom. The van der Waals surface area contributed by atoms with E-state index in [1.54, 1.807) is 12.1 Å². The lowest BCUT2D eigenvalue weighted by molar-refractivity contribution is -0.384. The monoisotopic (exact) mass is 294 g/mol. The van der Waals surface area contributed by atoms with Gasteiger partial charge in [0.2, 0.25) is 0 Å². The highest BCUT2D eigenvalue weighted by molar-refractivity contribution is 5.85. The van der Waals surface area contributed by atoms with Gasteiger partial charge in [-0.25, -0.2) is 4.98 Å². The second kappa shape index (κ2) is 5.91. The molecule has 3 rings (SSSR count). The molecule has 0 bridgehead atoms. The predicted octanol–water partition coefficient (Wildman–Crippen LogP) is 3.34. The summed E-state index contributed by atoms with van der Waals surface area (Å²) in [6, 6.07) is 16.0. The van der Waals surface area contributed by atoms with Crippen molar-refractivity contribution in [2.24, 2.45) is 0 Å². The molecule has 5 nitrogen and oxygen atoms in total. The lowest BCUT2D eigenvalue weighted by atomic mass is 10.0. The summed E-state index contributed by atoms with van der Waals surface area (Å²) in [7, 11) is 0. The number of nitro groups is 1. The van der Waals surface area contributed by atoms with Crippen LogP contribution in [0.2, 0.25) is 0 Å². The molecule has 0 radical (unpaired) electrons. The molecule has 0 unspecified atom stereocenters. The first-order chi connectivity index (χ1) is 10.7. The molecule has 0 saturated carbocycles. The number of aliphatic hydroxyl groups excluding tert-OH is 1. The number of hydrogen-bond acceptors (Lipinski definition) is 4. The molecule has 0 amide bonds. The summed E-state index contributed by atoms with van der Waals surface area (Å²) in [4.78, 5) is 14.9. The maximum Gasteiger partial charge on any atom is 0.269 e. The Labute approximate surface area is 127 Å². The topological polar surface area (TPSA) is 76.3 Å². The van der Waals surface area contributed by atoms with E-state index in [4.69, 9.17) is 0 Å². The van der Waals surface area contributed by atoms with E-state index >= 15 is 0 Å². The van der Waals surface area contributed by atoms with Crippen molar-refractivity contribution >= 4 is 16.6 Å². The first-order valence-electron chi connectivity index (χ1n) is 6.93. The maximum absolute atomic E-state index is 10.7. The molecule has 1 heterocycles. The van der Waals surface area contributed by atoms with Crippen molar-refractivity contribution in [1.82, 2.24) is 4.98 Å². The third-order valence-electron chi connectivity index (χ3n) is 3.56. The number of para-hydroxylation sites is 1. The van der Waals surface area contributed by atoms with E-state index in [0.29, 0.717) is 6.42 Å². The molecule has 1 N–H and O–H groups in total. The van der Waals surface area contributed by atoms with Crippen LogP contribution in [0.25, 0.3) is 22.2 Å². The van der Waals surface area contributed by atoms with Crippen LogP contribution in [0.15, 0.2) is 54.6 Å². The molecule has 3 aromatic rings. The number of nitrogens with zero attached hydrogens (tertiary/aromatic N) is 2. The molecule has 1 aromatic heterocycles. The van der Waals surface area contributed by atoms with Gasteiger partial charge in [-0.1, -0.05) is 18.2 Å². The van der Waals surface area contributed by atoms with Gasteiger partial charge in [-0.05, 0) is 36.2 Å². The summed E-state index contributed by atoms with van der Waals surface area (Å²) in [6.45, 7) is 0.0632. The van der Waals surface area contributed by atoms with E-state index < -0.39 is 4.92 Å². The summed E-state index contributed by atoms with van der Waals surface area (Å²) in [5.74, 6) is 0. The van der Waals surface area contributed by atoms with E-state index in [2.05, 4.69) is 4.98 Å². The molecule has 110 valence electrons. The third-order valence-corrected chi connectivity index (χ3v) is 3.56. The molecule has 0 aliphatic carbocycles. The van der Waals surface area contributed by atoms with Gasteiger partial charge in [0, 0.05) is 29.7 Å². The van der Waals surface area contributed by atoms with E-state index in [1.807, 2.05) is 30.3 Å². The van der Waals surface area contributed by atoms with Gasteiger partial charge < -0.3 is 5.11 Å². The number of hydrogen-bond donors (Lipinski definition) is 1. The van der Waals surface area contributed by atoms with Crippen LogP contribution in [0.1, 0.15) is 5.56 Å². The highest BCUT2D eigenvalue weighted by atomic mass is 16.6. The van der Waals surface area contributed by atoms with Gasteiger partial charge in [0.1, 0.15) is 0 Å². The predicted molar refractivity (Wildman–Crippen MR) is 84.6 cm³/mol. The fraction of sp³-hybridized carbons (Fsp3) is 0.118. The van der Waals surface area contributed by atoms with Crippen LogP contribution in [-0.2, 0) is 6.42 Å². The van der Waals surface area contributed by atoms with Crippen LogP contribution in [0.5, 0.6) is 0 Å². The van der Waals surface area contributed by atoms with E-state index in [1.165, 1.54) is 12.1 Å². The number of aromatic nitrogens is 1. The lowest BCUT2D eigenvalue weighted by Gasteiger charge is -2.09. The molecular formula is C17H14N2O3. The zero-order valence-corrected chi connectivity index (χ0v) is 11.8. The number of aliphatic hydroxyl groups is 1. The van der Waals surface area contributed by atoms with Crippen molar-refractivity contribution in [2.45, 2.75) is 6.42 Å². The molecule has 5 heteroatoms. The van der Waals surface area contributed by atoms with E-state index in [-0.39, 0.29) is 12.3 Å².